The van der Waals surface area contributed by atoms with Gasteiger partial charge in [0.15, 0.2) is 0 Å². The van der Waals surface area contributed by atoms with Gasteiger partial charge in [-0.2, -0.15) is 0 Å². The molecule has 2 aromatic rings. The summed E-state index contributed by atoms with van der Waals surface area (Å²) in [5, 5.41) is 5.04. The fraction of sp³-hybridized carbons (Fsp3) is 0.500. The third-order valence-corrected chi connectivity index (χ3v) is 8.00. The fourth-order valence-corrected chi connectivity index (χ4v) is 6.99. The van der Waals surface area contributed by atoms with Gasteiger partial charge in [0.05, 0.1) is 0 Å². The van der Waals surface area contributed by atoms with Gasteiger partial charge >= 0.3 is 0 Å². The zero-order chi connectivity index (χ0) is 17.0. The van der Waals surface area contributed by atoms with Crippen molar-refractivity contribution in [3.05, 3.63) is 41.8 Å². The van der Waals surface area contributed by atoms with Crippen LogP contribution in [-0.2, 0) is 40.5 Å². The summed E-state index contributed by atoms with van der Waals surface area (Å²) in [5.74, 6) is 1.59. The topological polar surface area (TPSA) is 27.7 Å². The molecule has 3 heterocycles. The molecular formula is C20H22O3S2. The number of hydrogen-bond acceptors (Lipinski definition) is 5. The maximum Gasteiger partial charge on any atom is 0.225 e. The summed E-state index contributed by atoms with van der Waals surface area (Å²) >= 11 is 3.83. The van der Waals surface area contributed by atoms with Gasteiger partial charge < -0.3 is 0 Å². The van der Waals surface area contributed by atoms with Crippen LogP contribution < -0.4 is 0 Å². The predicted octanol–water partition coefficient (Wildman–Crippen LogP) is 5.90. The standard InChI is InChI=1S/C20H22O3S2/c1-11-17(13-7-3-5-9-15(13)24-11)19-20(22-23-21-19)18-12(2)25-16-10-6-4-8-14(16)18/h3-10H2,1-2H3. The Bertz CT molecular complexity index is 802. The molecule has 5 rings (SSSR count). The van der Waals surface area contributed by atoms with Crippen molar-refractivity contribution in [3.8, 4) is 0 Å². The molecule has 0 atom stereocenters. The molecule has 0 fully saturated rings. The predicted molar refractivity (Wildman–Crippen MR) is 101 cm³/mol. The van der Waals surface area contributed by atoms with E-state index in [0.29, 0.717) is 0 Å². The largest absolute Gasteiger partial charge is 0.294 e. The molecule has 0 saturated heterocycles. The van der Waals surface area contributed by atoms with Crippen LogP contribution in [0.4, 0.5) is 0 Å². The van der Waals surface area contributed by atoms with Gasteiger partial charge in [0, 0.05) is 35.7 Å². The summed E-state index contributed by atoms with van der Waals surface area (Å²) in [6, 6.07) is 0. The monoisotopic (exact) mass is 374 g/mol. The third-order valence-electron chi connectivity index (χ3n) is 5.59. The maximum atomic E-state index is 5.60. The van der Waals surface area contributed by atoms with Crippen LogP contribution in [0.3, 0.4) is 0 Å². The minimum Gasteiger partial charge on any atom is -0.294 e. The van der Waals surface area contributed by atoms with Gasteiger partial charge in [-0.3, -0.25) is 9.78 Å². The van der Waals surface area contributed by atoms with E-state index in [9.17, 15) is 0 Å². The minimum absolute atomic E-state index is 0.797. The zero-order valence-electron chi connectivity index (χ0n) is 14.7. The molecule has 3 nitrogen and oxygen atoms in total. The molecule has 25 heavy (non-hydrogen) atoms. The highest BCUT2D eigenvalue weighted by atomic mass is 32.1. The van der Waals surface area contributed by atoms with E-state index in [0.717, 1.165) is 24.4 Å². The molecule has 0 unspecified atom stereocenters. The van der Waals surface area contributed by atoms with E-state index in [1.165, 1.54) is 80.3 Å². The molecule has 5 heteroatoms. The van der Waals surface area contributed by atoms with Crippen molar-refractivity contribution >= 4 is 34.2 Å². The van der Waals surface area contributed by atoms with E-state index in [1.807, 2.05) is 22.7 Å². The molecular weight excluding hydrogens is 352 g/mol. The summed E-state index contributed by atoms with van der Waals surface area (Å²) in [6.45, 7) is 4.39. The lowest BCUT2D eigenvalue weighted by Crippen LogP contribution is -2.03. The van der Waals surface area contributed by atoms with Gasteiger partial charge in [0.2, 0.25) is 11.5 Å². The first-order valence-corrected chi connectivity index (χ1v) is 10.9. The Balaban J connectivity index is 1.69. The average molecular weight is 375 g/mol. The molecule has 2 aromatic heterocycles. The van der Waals surface area contributed by atoms with Crippen molar-refractivity contribution in [1.82, 2.24) is 0 Å². The highest BCUT2D eigenvalue weighted by Crippen LogP contribution is 2.47. The van der Waals surface area contributed by atoms with Gasteiger partial charge in [-0.1, -0.05) is 0 Å². The molecule has 0 saturated carbocycles. The first-order valence-electron chi connectivity index (χ1n) is 9.22. The fourth-order valence-electron chi connectivity index (χ4n) is 4.47. The molecule has 0 N–H and O–H groups in total. The second-order valence-corrected chi connectivity index (χ2v) is 9.80. The number of thiophene rings is 2. The highest BCUT2D eigenvalue weighted by Gasteiger charge is 2.34. The van der Waals surface area contributed by atoms with Crippen LogP contribution in [0.2, 0.25) is 0 Å². The normalized spacial score (nSPS) is 19.4. The maximum absolute atomic E-state index is 5.60. The quantitative estimate of drug-likeness (QED) is 0.612. The second kappa shape index (κ2) is 6.15. The van der Waals surface area contributed by atoms with E-state index >= 15 is 0 Å². The Morgan fingerprint density at radius 2 is 1.08 bits per heavy atom. The summed E-state index contributed by atoms with van der Waals surface area (Å²) in [6.07, 6.45) is 9.76. The van der Waals surface area contributed by atoms with Gasteiger partial charge in [0.1, 0.15) is 0 Å². The first-order chi connectivity index (χ1) is 12.2. The van der Waals surface area contributed by atoms with Gasteiger partial charge in [-0.15, -0.1) is 22.7 Å². The number of aryl methyl sites for hydroxylation is 4. The first kappa shape index (κ1) is 15.9. The molecule has 132 valence electrons. The number of rotatable bonds is 2. The van der Waals surface area contributed by atoms with Crippen LogP contribution in [0.1, 0.15) is 67.4 Å². The van der Waals surface area contributed by atoms with Crippen molar-refractivity contribution in [2.75, 3.05) is 0 Å². The highest BCUT2D eigenvalue weighted by molar-refractivity contribution is 7.12. The van der Waals surface area contributed by atoms with Crippen molar-refractivity contribution in [2.45, 2.75) is 65.2 Å². The van der Waals surface area contributed by atoms with Crippen molar-refractivity contribution in [2.24, 2.45) is 0 Å². The van der Waals surface area contributed by atoms with Gasteiger partial charge in [-0.25, -0.2) is 0 Å². The van der Waals surface area contributed by atoms with E-state index in [2.05, 4.69) is 13.8 Å². The zero-order valence-corrected chi connectivity index (χ0v) is 16.3. The van der Waals surface area contributed by atoms with Crippen molar-refractivity contribution < 1.29 is 14.8 Å². The number of hydrogen-bond donors (Lipinski definition) is 0. The van der Waals surface area contributed by atoms with E-state index in [-0.39, 0.29) is 0 Å². The summed E-state index contributed by atoms with van der Waals surface area (Å²) in [4.78, 5) is 16.9. The van der Waals surface area contributed by atoms with Gasteiger partial charge in [-0.05, 0) is 76.3 Å². The Morgan fingerprint density at radius 3 is 1.56 bits per heavy atom. The Hall–Kier alpha value is -1.30. The summed E-state index contributed by atoms with van der Waals surface area (Å²) < 4.78 is 0. The molecule has 0 amide bonds. The smallest absolute Gasteiger partial charge is 0.225 e. The Kier molecular flexibility index (Phi) is 3.91. The van der Waals surface area contributed by atoms with Crippen LogP contribution >= 0.6 is 22.7 Å². The van der Waals surface area contributed by atoms with Crippen LogP contribution in [0.5, 0.6) is 0 Å². The van der Waals surface area contributed by atoms with Crippen molar-refractivity contribution in [3.63, 3.8) is 0 Å². The lowest BCUT2D eigenvalue weighted by Gasteiger charge is -2.14. The van der Waals surface area contributed by atoms with Crippen molar-refractivity contribution in [1.29, 1.82) is 0 Å². The van der Waals surface area contributed by atoms with E-state index in [1.54, 1.807) is 0 Å². The molecule has 2 aliphatic carbocycles. The lowest BCUT2D eigenvalue weighted by molar-refractivity contribution is -0.429. The summed E-state index contributed by atoms with van der Waals surface area (Å²) in [7, 11) is 0. The minimum atomic E-state index is 0.797. The molecule has 0 bridgehead atoms. The van der Waals surface area contributed by atoms with Crippen LogP contribution in [0.15, 0.2) is 0 Å². The molecule has 1 aliphatic heterocycles. The van der Waals surface area contributed by atoms with E-state index < -0.39 is 0 Å². The third kappa shape index (κ3) is 2.47. The van der Waals surface area contributed by atoms with Crippen LogP contribution in [-0.4, -0.2) is 0 Å². The van der Waals surface area contributed by atoms with Gasteiger partial charge in [0.25, 0.3) is 0 Å². The Labute approximate surface area is 156 Å². The number of fused-ring (bicyclic) bond motifs is 2. The van der Waals surface area contributed by atoms with E-state index in [4.69, 9.17) is 14.8 Å². The van der Waals surface area contributed by atoms with Crippen LogP contribution in [0, 0.1) is 13.8 Å². The summed E-state index contributed by atoms with van der Waals surface area (Å²) in [5.41, 5.74) is 5.36. The van der Waals surface area contributed by atoms with Crippen LogP contribution in [0.25, 0.3) is 11.5 Å². The molecule has 3 aliphatic rings. The molecule has 0 aromatic carbocycles. The SMILES string of the molecule is Cc1sc2c(c1C1=C(c3c(C)sc4c3CCCC4)OOO1)CCCC2. The molecule has 0 spiro atoms. The lowest BCUT2D eigenvalue weighted by atomic mass is 9.91. The second-order valence-electron chi connectivity index (χ2n) is 7.18. The molecule has 0 radical (unpaired) electrons. The Morgan fingerprint density at radius 1 is 0.640 bits per heavy atom. The average Bonchev–Trinajstić information content (AvgIpc) is 3.27.